The molecule has 0 aliphatic carbocycles. The van der Waals surface area contributed by atoms with E-state index in [1.807, 2.05) is 0 Å². The number of aliphatic hydroxyl groups excluding tert-OH is 1. The molecule has 4 nitrogen and oxygen atoms in total. The van der Waals surface area contributed by atoms with Gasteiger partial charge in [-0.15, -0.1) is 0 Å². The van der Waals surface area contributed by atoms with Crippen molar-refractivity contribution in [1.82, 2.24) is 0 Å². The Kier molecular flexibility index (Phi) is 1.98. The van der Waals surface area contributed by atoms with Gasteiger partial charge in [0, 0.05) is 0 Å². The zero-order valence-electron chi connectivity index (χ0n) is 7.23. The Morgan fingerprint density at radius 3 is 2.86 bits per heavy atom. The van der Waals surface area contributed by atoms with Gasteiger partial charge in [0.15, 0.2) is 0 Å². The molecule has 2 rings (SSSR count). The van der Waals surface area contributed by atoms with Gasteiger partial charge in [-0.25, -0.2) is 0 Å². The van der Waals surface area contributed by atoms with E-state index in [0.29, 0.717) is 5.58 Å². The number of hydrogen-bond acceptors (Lipinski definition) is 4. The summed E-state index contributed by atoms with van der Waals surface area (Å²) in [6.45, 7) is -0.396. The molecule has 0 bridgehead atoms. The predicted molar refractivity (Wildman–Crippen MR) is 50.1 cm³/mol. The highest BCUT2D eigenvalue weighted by atomic mass is 16.3. The molecule has 2 aromatic rings. The molecule has 0 amide bonds. The van der Waals surface area contributed by atoms with E-state index >= 15 is 0 Å². The van der Waals surface area contributed by atoms with Gasteiger partial charge in [0.25, 0.3) is 0 Å². The third kappa shape index (κ3) is 1.16. The van der Waals surface area contributed by atoms with Crippen molar-refractivity contribution < 1.29 is 14.6 Å². The van der Waals surface area contributed by atoms with Gasteiger partial charge in [0.1, 0.15) is 23.0 Å². The minimum atomic E-state index is -0.396. The van der Waals surface area contributed by atoms with Crippen molar-refractivity contribution in [2.24, 2.45) is 0 Å². The van der Waals surface area contributed by atoms with Crippen molar-refractivity contribution in [3.05, 3.63) is 40.2 Å². The zero-order chi connectivity index (χ0) is 10.1. The molecular weight excluding hydrogens is 184 g/mol. The lowest BCUT2D eigenvalue weighted by molar-refractivity contribution is 0.277. The van der Waals surface area contributed by atoms with E-state index in [1.165, 1.54) is 12.3 Å². The largest absolute Gasteiger partial charge is 0.507 e. The SMILES string of the molecule is O=c1c(CO)coc2cccc(O)c12. The molecule has 0 radical (unpaired) electrons. The van der Waals surface area contributed by atoms with Crippen molar-refractivity contribution in [2.75, 3.05) is 0 Å². The van der Waals surface area contributed by atoms with Crippen LogP contribution in [0.4, 0.5) is 0 Å². The number of aromatic hydroxyl groups is 1. The summed E-state index contributed by atoms with van der Waals surface area (Å²) in [5, 5.41) is 18.4. The molecule has 1 heterocycles. The van der Waals surface area contributed by atoms with Gasteiger partial charge in [0.2, 0.25) is 5.43 Å². The minimum absolute atomic E-state index is 0.110. The number of benzene rings is 1. The van der Waals surface area contributed by atoms with Crippen LogP contribution in [0.25, 0.3) is 11.0 Å². The molecular formula is C10H8O4. The molecule has 4 heteroatoms. The van der Waals surface area contributed by atoms with Crippen LogP contribution in [0.1, 0.15) is 5.56 Å². The predicted octanol–water partition coefficient (Wildman–Crippen LogP) is 0.991. The van der Waals surface area contributed by atoms with Crippen LogP contribution in [0.5, 0.6) is 5.75 Å². The molecule has 1 aromatic carbocycles. The molecule has 0 fully saturated rings. The molecule has 0 unspecified atom stereocenters. The van der Waals surface area contributed by atoms with Crippen LogP contribution in [0.3, 0.4) is 0 Å². The number of phenolic OH excluding ortho intramolecular Hbond substituents is 1. The number of fused-ring (bicyclic) bond motifs is 1. The third-order valence-corrected chi connectivity index (χ3v) is 2.02. The van der Waals surface area contributed by atoms with Crippen LogP contribution in [-0.4, -0.2) is 10.2 Å². The van der Waals surface area contributed by atoms with Gasteiger partial charge in [-0.05, 0) is 12.1 Å². The van der Waals surface area contributed by atoms with Crippen LogP contribution in [0.2, 0.25) is 0 Å². The van der Waals surface area contributed by atoms with E-state index in [2.05, 4.69) is 0 Å². The Morgan fingerprint density at radius 2 is 2.14 bits per heavy atom. The van der Waals surface area contributed by atoms with Gasteiger partial charge in [-0.3, -0.25) is 4.79 Å². The second-order valence-electron chi connectivity index (χ2n) is 2.90. The normalized spacial score (nSPS) is 10.6. The maximum Gasteiger partial charge on any atom is 0.201 e. The van der Waals surface area contributed by atoms with E-state index in [-0.39, 0.29) is 16.7 Å². The van der Waals surface area contributed by atoms with Gasteiger partial charge in [-0.1, -0.05) is 6.07 Å². The first-order valence-electron chi connectivity index (χ1n) is 4.07. The highest BCUT2D eigenvalue weighted by Gasteiger charge is 2.09. The fourth-order valence-corrected chi connectivity index (χ4v) is 1.30. The number of phenols is 1. The van der Waals surface area contributed by atoms with E-state index in [0.717, 1.165) is 0 Å². The maximum atomic E-state index is 11.6. The lowest BCUT2D eigenvalue weighted by Crippen LogP contribution is -2.08. The van der Waals surface area contributed by atoms with E-state index in [1.54, 1.807) is 12.1 Å². The summed E-state index contributed by atoms with van der Waals surface area (Å²) in [6.07, 6.45) is 1.20. The average molecular weight is 192 g/mol. The minimum Gasteiger partial charge on any atom is -0.507 e. The van der Waals surface area contributed by atoms with E-state index < -0.39 is 12.0 Å². The van der Waals surface area contributed by atoms with Crippen molar-refractivity contribution in [3.8, 4) is 5.75 Å². The van der Waals surface area contributed by atoms with Gasteiger partial charge in [0.05, 0.1) is 12.2 Å². The molecule has 0 atom stereocenters. The fraction of sp³-hybridized carbons (Fsp3) is 0.100. The molecule has 2 N–H and O–H groups in total. The zero-order valence-corrected chi connectivity index (χ0v) is 7.23. The highest BCUT2D eigenvalue weighted by Crippen LogP contribution is 2.20. The monoisotopic (exact) mass is 192 g/mol. The first-order valence-corrected chi connectivity index (χ1v) is 4.07. The lowest BCUT2D eigenvalue weighted by atomic mass is 10.1. The highest BCUT2D eigenvalue weighted by molar-refractivity contribution is 5.83. The summed E-state index contributed by atoms with van der Waals surface area (Å²) in [6, 6.07) is 4.57. The smallest absolute Gasteiger partial charge is 0.201 e. The molecule has 0 saturated carbocycles. The Hall–Kier alpha value is -1.81. The van der Waals surface area contributed by atoms with Gasteiger partial charge < -0.3 is 14.6 Å². The van der Waals surface area contributed by atoms with Crippen molar-refractivity contribution in [3.63, 3.8) is 0 Å². The van der Waals surface area contributed by atoms with Crippen LogP contribution < -0.4 is 5.43 Å². The summed E-state index contributed by atoms with van der Waals surface area (Å²) in [5.74, 6) is -0.133. The Bertz CT molecular complexity index is 527. The fourth-order valence-electron chi connectivity index (χ4n) is 1.30. The Morgan fingerprint density at radius 1 is 1.36 bits per heavy atom. The van der Waals surface area contributed by atoms with Crippen LogP contribution in [0, 0.1) is 0 Å². The molecule has 0 saturated heterocycles. The molecule has 0 aliphatic heterocycles. The van der Waals surface area contributed by atoms with E-state index in [9.17, 15) is 9.90 Å². The van der Waals surface area contributed by atoms with Gasteiger partial charge in [-0.2, -0.15) is 0 Å². The van der Waals surface area contributed by atoms with Crippen molar-refractivity contribution in [1.29, 1.82) is 0 Å². The third-order valence-electron chi connectivity index (χ3n) is 2.02. The average Bonchev–Trinajstić information content (AvgIpc) is 2.18. The number of rotatable bonds is 1. The summed E-state index contributed by atoms with van der Waals surface area (Å²) in [4.78, 5) is 11.6. The molecule has 0 spiro atoms. The molecule has 72 valence electrons. The van der Waals surface area contributed by atoms with Crippen LogP contribution in [-0.2, 0) is 6.61 Å². The van der Waals surface area contributed by atoms with Crippen LogP contribution in [0.15, 0.2) is 33.7 Å². The molecule has 14 heavy (non-hydrogen) atoms. The summed E-state index contributed by atoms with van der Waals surface area (Å²) in [7, 11) is 0. The quantitative estimate of drug-likeness (QED) is 0.706. The second-order valence-corrected chi connectivity index (χ2v) is 2.90. The summed E-state index contributed by atoms with van der Waals surface area (Å²) >= 11 is 0. The second kappa shape index (κ2) is 3.16. The van der Waals surface area contributed by atoms with E-state index in [4.69, 9.17) is 9.52 Å². The molecule has 0 aliphatic rings. The lowest BCUT2D eigenvalue weighted by Gasteiger charge is -2.00. The van der Waals surface area contributed by atoms with Crippen molar-refractivity contribution in [2.45, 2.75) is 6.61 Å². The molecule has 1 aromatic heterocycles. The topological polar surface area (TPSA) is 70.7 Å². The number of aliphatic hydroxyl groups is 1. The standard InChI is InChI=1S/C10H8O4/c11-4-6-5-14-8-3-1-2-7(12)9(8)10(6)13/h1-3,5,11-12H,4H2. The first kappa shape index (κ1) is 8.77. The Labute approximate surface area is 79.0 Å². The number of hydrogen-bond donors (Lipinski definition) is 2. The first-order chi connectivity index (χ1) is 6.74. The summed E-state index contributed by atoms with van der Waals surface area (Å²) < 4.78 is 5.08. The Balaban J connectivity index is 2.94. The summed E-state index contributed by atoms with van der Waals surface area (Å²) in [5.41, 5.74) is 0.0538. The van der Waals surface area contributed by atoms with Crippen molar-refractivity contribution >= 4 is 11.0 Å². The van der Waals surface area contributed by atoms with Crippen LogP contribution >= 0.6 is 0 Å². The maximum absolute atomic E-state index is 11.6. The van der Waals surface area contributed by atoms with Gasteiger partial charge >= 0.3 is 0 Å².